The smallest absolute Gasteiger partial charge is 0.345 e. The van der Waals surface area contributed by atoms with Crippen molar-refractivity contribution in [2.75, 3.05) is 6.54 Å². The number of carbonyl (C=O) groups is 1. The molecule has 0 radical (unpaired) electrons. The average Bonchev–Trinajstić information content (AvgIpc) is 2.87. The molecule has 1 aliphatic carbocycles. The first kappa shape index (κ1) is 14.8. The fourth-order valence-corrected chi connectivity index (χ4v) is 2.56. The second kappa shape index (κ2) is 5.44. The molecule has 0 unspecified atom stereocenters. The van der Waals surface area contributed by atoms with Crippen LogP contribution >= 0.6 is 0 Å². The van der Waals surface area contributed by atoms with Gasteiger partial charge in [0.25, 0.3) is 5.91 Å². The van der Waals surface area contributed by atoms with Gasteiger partial charge in [-0.2, -0.15) is 13.2 Å². The van der Waals surface area contributed by atoms with Crippen LogP contribution in [0.4, 0.5) is 13.2 Å². The fourth-order valence-electron chi connectivity index (χ4n) is 2.56. The first-order valence-corrected chi connectivity index (χ1v) is 6.56. The number of nitrogens with two attached hydrogens (primary N) is 1. The molecule has 20 heavy (non-hydrogen) atoms. The average molecular weight is 286 g/mol. The van der Waals surface area contributed by atoms with Crippen molar-refractivity contribution < 1.29 is 18.0 Å². The van der Waals surface area contributed by atoms with Gasteiger partial charge in [-0.1, -0.05) is 12.8 Å². The monoisotopic (exact) mass is 286 g/mol. The summed E-state index contributed by atoms with van der Waals surface area (Å²) in [4.78, 5) is 12.1. The van der Waals surface area contributed by atoms with Gasteiger partial charge in [0, 0.05) is 12.1 Å². The third-order valence-corrected chi connectivity index (χ3v) is 3.80. The second-order valence-electron chi connectivity index (χ2n) is 5.22. The van der Waals surface area contributed by atoms with Crippen LogP contribution in [0, 0.1) is 0 Å². The molecular formula is C14H17F3N2O. The first-order valence-electron chi connectivity index (χ1n) is 6.56. The molecule has 1 aromatic rings. The number of halogens is 3. The molecule has 6 heteroatoms. The van der Waals surface area contributed by atoms with E-state index in [-0.39, 0.29) is 11.5 Å². The zero-order chi connectivity index (χ0) is 14.8. The highest BCUT2D eigenvalue weighted by Gasteiger charge is 2.34. The number of rotatable bonds is 3. The van der Waals surface area contributed by atoms with E-state index in [0.29, 0.717) is 6.54 Å². The maximum Gasteiger partial charge on any atom is 0.416 e. The lowest BCUT2D eigenvalue weighted by Gasteiger charge is -2.28. The molecule has 0 saturated heterocycles. The lowest BCUT2D eigenvalue weighted by molar-refractivity contribution is -0.137. The number of benzene rings is 1. The molecule has 0 aromatic heterocycles. The Labute approximate surface area is 115 Å². The van der Waals surface area contributed by atoms with Crippen molar-refractivity contribution >= 4 is 5.91 Å². The number of nitrogens with one attached hydrogen (secondary N) is 1. The van der Waals surface area contributed by atoms with Gasteiger partial charge in [0.05, 0.1) is 11.1 Å². The van der Waals surface area contributed by atoms with Crippen molar-refractivity contribution in [2.24, 2.45) is 5.73 Å². The molecule has 3 N–H and O–H groups in total. The summed E-state index contributed by atoms with van der Waals surface area (Å²) in [7, 11) is 0. The molecule has 110 valence electrons. The summed E-state index contributed by atoms with van der Waals surface area (Å²) in [5.41, 5.74) is 4.77. The summed E-state index contributed by atoms with van der Waals surface area (Å²) >= 11 is 0. The van der Waals surface area contributed by atoms with E-state index in [1.165, 1.54) is 12.1 Å². The molecule has 0 bridgehead atoms. The summed E-state index contributed by atoms with van der Waals surface area (Å²) in [5, 5.41) is 2.87. The number of hydrogen-bond donors (Lipinski definition) is 2. The first-order chi connectivity index (χ1) is 9.36. The van der Waals surface area contributed by atoms with Crippen molar-refractivity contribution in [3.8, 4) is 0 Å². The summed E-state index contributed by atoms with van der Waals surface area (Å²) in [5.74, 6) is -0.369. The Bertz CT molecular complexity index is 476. The minimum Gasteiger partial charge on any atom is -0.345 e. The van der Waals surface area contributed by atoms with Crippen molar-refractivity contribution in [3.63, 3.8) is 0 Å². The largest absolute Gasteiger partial charge is 0.416 e. The van der Waals surface area contributed by atoms with E-state index in [1.54, 1.807) is 0 Å². The number of hydrogen-bond acceptors (Lipinski definition) is 2. The van der Waals surface area contributed by atoms with Crippen LogP contribution in [0.5, 0.6) is 0 Å². The van der Waals surface area contributed by atoms with Crippen LogP contribution in [0.15, 0.2) is 24.3 Å². The van der Waals surface area contributed by atoms with E-state index < -0.39 is 17.3 Å². The number of amides is 1. The minimum atomic E-state index is -4.39. The quantitative estimate of drug-likeness (QED) is 0.897. The molecule has 3 nitrogen and oxygen atoms in total. The lowest BCUT2D eigenvalue weighted by Crippen LogP contribution is -2.51. The van der Waals surface area contributed by atoms with Gasteiger partial charge in [0.1, 0.15) is 0 Å². The normalized spacial score (nSPS) is 18.0. The molecule has 1 saturated carbocycles. The second-order valence-corrected chi connectivity index (χ2v) is 5.22. The molecule has 0 heterocycles. The highest BCUT2D eigenvalue weighted by Crippen LogP contribution is 2.30. The Hall–Kier alpha value is -1.56. The third kappa shape index (κ3) is 3.12. The van der Waals surface area contributed by atoms with Crippen molar-refractivity contribution in [3.05, 3.63) is 35.4 Å². The van der Waals surface area contributed by atoms with Crippen molar-refractivity contribution in [2.45, 2.75) is 37.4 Å². The Morgan fingerprint density at radius 3 is 2.20 bits per heavy atom. The number of alkyl halides is 3. The fraction of sp³-hybridized carbons (Fsp3) is 0.500. The summed E-state index contributed by atoms with van der Waals surface area (Å²) in [6.45, 7) is 0.347. The predicted octanol–water partition coefficient (Wildman–Crippen LogP) is 2.71. The Morgan fingerprint density at radius 1 is 1.20 bits per heavy atom. The molecule has 0 spiro atoms. The topological polar surface area (TPSA) is 55.1 Å². The van der Waals surface area contributed by atoms with E-state index in [4.69, 9.17) is 5.73 Å². The summed E-state index contributed by atoms with van der Waals surface area (Å²) in [6, 6.07) is 4.21. The lowest BCUT2D eigenvalue weighted by atomic mass is 9.97. The molecule has 1 fully saturated rings. The van der Waals surface area contributed by atoms with Crippen LogP contribution in [-0.4, -0.2) is 18.0 Å². The van der Waals surface area contributed by atoms with Crippen LogP contribution in [0.2, 0.25) is 0 Å². The molecule has 1 aromatic carbocycles. The molecule has 1 aliphatic rings. The highest BCUT2D eigenvalue weighted by molar-refractivity contribution is 5.94. The molecule has 0 aliphatic heterocycles. The van der Waals surface area contributed by atoms with Crippen LogP contribution in [0.1, 0.15) is 41.6 Å². The third-order valence-electron chi connectivity index (χ3n) is 3.80. The number of carbonyl (C=O) groups excluding carboxylic acids is 1. The minimum absolute atomic E-state index is 0.220. The van der Waals surface area contributed by atoms with Gasteiger partial charge in [-0.3, -0.25) is 4.79 Å². The molecule has 2 rings (SSSR count). The molecular weight excluding hydrogens is 269 g/mol. The predicted molar refractivity (Wildman–Crippen MR) is 69.2 cm³/mol. The molecule has 1 amide bonds. The van der Waals surface area contributed by atoms with Crippen molar-refractivity contribution in [1.82, 2.24) is 5.32 Å². The van der Waals surface area contributed by atoms with Crippen LogP contribution in [0.25, 0.3) is 0 Å². The van der Waals surface area contributed by atoms with E-state index >= 15 is 0 Å². The van der Waals surface area contributed by atoms with E-state index in [0.717, 1.165) is 37.8 Å². The summed E-state index contributed by atoms with van der Waals surface area (Å²) < 4.78 is 37.3. The molecule has 0 atom stereocenters. The van der Waals surface area contributed by atoms with Gasteiger partial charge < -0.3 is 11.1 Å². The zero-order valence-electron chi connectivity index (χ0n) is 11.0. The van der Waals surface area contributed by atoms with E-state index in [9.17, 15) is 18.0 Å². The Morgan fingerprint density at radius 2 is 1.75 bits per heavy atom. The van der Waals surface area contributed by atoms with Gasteiger partial charge >= 0.3 is 6.18 Å². The SMILES string of the molecule is NCC1(NC(=O)c2ccc(C(F)(F)F)cc2)CCCC1. The van der Waals surface area contributed by atoms with Crippen LogP contribution < -0.4 is 11.1 Å². The van der Waals surface area contributed by atoms with Gasteiger partial charge in [-0.15, -0.1) is 0 Å². The maximum absolute atomic E-state index is 12.4. The maximum atomic E-state index is 12.4. The van der Waals surface area contributed by atoms with E-state index in [1.807, 2.05) is 0 Å². The van der Waals surface area contributed by atoms with Gasteiger partial charge in [-0.05, 0) is 37.1 Å². The van der Waals surface area contributed by atoms with Gasteiger partial charge in [-0.25, -0.2) is 0 Å². The zero-order valence-corrected chi connectivity index (χ0v) is 11.0. The highest BCUT2D eigenvalue weighted by atomic mass is 19.4. The van der Waals surface area contributed by atoms with Crippen molar-refractivity contribution in [1.29, 1.82) is 0 Å². The standard InChI is InChI=1S/C14H17F3N2O/c15-14(16,17)11-5-3-10(4-6-11)12(20)19-13(9-18)7-1-2-8-13/h3-6H,1-2,7-9,18H2,(H,19,20). The van der Waals surface area contributed by atoms with E-state index in [2.05, 4.69) is 5.32 Å². The Kier molecular flexibility index (Phi) is 4.04. The summed E-state index contributed by atoms with van der Waals surface area (Å²) in [6.07, 6.45) is -0.750. The van der Waals surface area contributed by atoms with Crippen LogP contribution in [-0.2, 0) is 6.18 Å². The van der Waals surface area contributed by atoms with Gasteiger partial charge in [0.15, 0.2) is 0 Å². The van der Waals surface area contributed by atoms with Crippen LogP contribution in [0.3, 0.4) is 0 Å². The Balaban J connectivity index is 2.10. The van der Waals surface area contributed by atoms with Gasteiger partial charge in [0.2, 0.25) is 0 Å².